The van der Waals surface area contributed by atoms with E-state index in [9.17, 15) is 8.42 Å². The molecule has 7 nitrogen and oxygen atoms in total. The van der Waals surface area contributed by atoms with Gasteiger partial charge in [-0.3, -0.25) is 4.98 Å². The highest BCUT2D eigenvalue weighted by molar-refractivity contribution is 9.10. The Morgan fingerprint density at radius 1 is 1.58 bits per heavy atom. The Balaban J connectivity index is 3.21. The number of amidine groups is 1. The number of hydrogen-bond donors (Lipinski definition) is 2. The average molecular weight is 351 g/mol. The molecule has 19 heavy (non-hydrogen) atoms. The number of sulfonamides is 1. The molecule has 1 heterocycles. The molecule has 0 bridgehead atoms. The van der Waals surface area contributed by atoms with E-state index in [1.807, 2.05) is 0 Å². The summed E-state index contributed by atoms with van der Waals surface area (Å²) < 4.78 is 26.6. The van der Waals surface area contributed by atoms with Gasteiger partial charge in [0.05, 0.1) is 6.54 Å². The quantitative estimate of drug-likeness (QED) is 0.356. The zero-order chi connectivity index (χ0) is 14.6. The lowest BCUT2D eigenvalue weighted by atomic mass is 10.4. The highest BCUT2D eigenvalue weighted by Crippen LogP contribution is 2.20. The summed E-state index contributed by atoms with van der Waals surface area (Å²) in [6.07, 6.45) is 2.74. The van der Waals surface area contributed by atoms with E-state index < -0.39 is 10.0 Å². The molecule has 0 fully saturated rings. The molecule has 0 saturated carbocycles. The van der Waals surface area contributed by atoms with Gasteiger partial charge in [0.2, 0.25) is 10.0 Å². The maximum absolute atomic E-state index is 12.5. The van der Waals surface area contributed by atoms with Crippen LogP contribution in [0, 0.1) is 0 Å². The van der Waals surface area contributed by atoms with Crippen molar-refractivity contribution in [3.63, 3.8) is 0 Å². The van der Waals surface area contributed by atoms with Gasteiger partial charge in [-0.25, -0.2) is 8.42 Å². The fourth-order valence-electron chi connectivity index (χ4n) is 1.41. The summed E-state index contributed by atoms with van der Waals surface area (Å²) in [5.41, 5.74) is 5.39. The number of aromatic nitrogens is 1. The Morgan fingerprint density at radius 3 is 2.68 bits per heavy atom. The molecule has 0 radical (unpaired) electrons. The molecule has 1 aromatic heterocycles. The van der Waals surface area contributed by atoms with Crippen molar-refractivity contribution in [3.05, 3.63) is 22.9 Å². The van der Waals surface area contributed by atoms with Crippen molar-refractivity contribution >= 4 is 31.8 Å². The second-order valence-corrected chi connectivity index (χ2v) is 6.88. The molecule has 3 N–H and O–H groups in total. The van der Waals surface area contributed by atoms with Crippen LogP contribution in [0.5, 0.6) is 0 Å². The zero-order valence-electron chi connectivity index (χ0n) is 10.5. The van der Waals surface area contributed by atoms with E-state index in [1.54, 1.807) is 13.8 Å². The van der Waals surface area contributed by atoms with Crippen molar-refractivity contribution in [1.29, 1.82) is 0 Å². The van der Waals surface area contributed by atoms with Crippen molar-refractivity contribution < 1.29 is 13.6 Å². The number of pyridine rings is 1. The monoisotopic (exact) mass is 350 g/mol. The molecule has 0 aliphatic rings. The third kappa shape index (κ3) is 3.88. The minimum atomic E-state index is -3.76. The smallest absolute Gasteiger partial charge is 0.245 e. The maximum Gasteiger partial charge on any atom is 0.245 e. The van der Waals surface area contributed by atoms with Crippen LogP contribution in [0.2, 0.25) is 0 Å². The first-order valence-electron chi connectivity index (χ1n) is 5.38. The number of halogens is 1. The van der Waals surface area contributed by atoms with Gasteiger partial charge in [-0.2, -0.15) is 4.31 Å². The lowest BCUT2D eigenvalue weighted by molar-refractivity contribution is 0.312. The number of hydrogen-bond acceptors (Lipinski definition) is 5. The number of oxime groups is 1. The van der Waals surface area contributed by atoms with E-state index in [1.165, 1.54) is 18.5 Å². The van der Waals surface area contributed by atoms with Crippen molar-refractivity contribution in [2.45, 2.75) is 24.8 Å². The lowest BCUT2D eigenvalue weighted by Crippen LogP contribution is -2.42. The van der Waals surface area contributed by atoms with Crippen molar-refractivity contribution in [3.8, 4) is 0 Å². The normalized spacial score (nSPS) is 13.2. The molecule has 9 heteroatoms. The van der Waals surface area contributed by atoms with Gasteiger partial charge in [0.15, 0.2) is 5.84 Å². The van der Waals surface area contributed by atoms with Gasteiger partial charge < -0.3 is 10.9 Å². The van der Waals surface area contributed by atoms with Gasteiger partial charge in [-0.05, 0) is 35.8 Å². The summed E-state index contributed by atoms with van der Waals surface area (Å²) >= 11 is 3.17. The van der Waals surface area contributed by atoms with Crippen molar-refractivity contribution in [2.24, 2.45) is 10.9 Å². The van der Waals surface area contributed by atoms with Crippen LogP contribution in [0.15, 0.2) is 33.0 Å². The van der Waals surface area contributed by atoms with Crippen LogP contribution in [-0.2, 0) is 10.0 Å². The molecule has 0 atom stereocenters. The van der Waals surface area contributed by atoms with E-state index in [0.717, 1.165) is 4.31 Å². The predicted molar refractivity (Wildman–Crippen MR) is 74.4 cm³/mol. The van der Waals surface area contributed by atoms with E-state index >= 15 is 0 Å². The van der Waals surface area contributed by atoms with Crippen LogP contribution < -0.4 is 5.73 Å². The molecule has 1 aromatic rings. The average Bonchev–Trinajstić information content (AvgIpc) is 2.34. The minimum Gasteiger partial charge on any atom is -0.409 e. The molecule has 0 aliphatic heterocycles. The summed E-state index contributed by atoms with van der Waals surface area (Å²) in [5.74, 6) is -0.180. The van der Waals surface area contributed by atoms with E-state index in [2.05, 4.69) is 26.1 Å². The second kappa shape index (κ2) is 6.31. The zero-order valence-corrected chi connectivity index (χ0v) is 12.9. The molecule has 0 saturated heterocycles. The summed E-state index contributed by atoms with van der Waals surface area (Å²) in [6, 6.07) is 1.11. The fraction of sp³-hybridized carbons (Fsp3) is 0.400. The van der Waals surface area contributed by atoms with Gasteiger partial charge in [-0.15, -0.1) is 0 Å². The molecular weight excluding hydrogens is 336 g/mol. The molecule has 0 amide bonds. The molecule has 1 rings (SSSR count). The number of rotatable bonds is 5. The number of nitrogens with two attached hydrogens (primary N) is 1. The van der Waals surface area contributed by atoms with Crippen LogP contribution in [0.4, 0.5) is 0 Å². The Labute approximate surface area is 120 Å². The molecule has 0 unspecified atom stereocenters. The first kappa shape index (κ1) is 15.9. The molecule has 0 aliphatic carbocycles. The Hall–Kier alpha value is -1.19. The molecular formula is C10H15BrN4O3S. The topological polar surface area (TPSA) is 109 Å². The SMILES string of the molecule is CC(C)N(CC(N)=NO)S(=O)(=O)c1cncc(Br)c1. The van der Waals surface area contributed by atoms with Gasteiger partial charge in [-0.1, -0.05) is 5.16 Å². The third-order valence-electron chi connectivity index (χ3n) is 2.31. The predicted octanol–water partition coefficient (Wildman–Crippen LogP) is 0.990. The number of nitrogens with zero attached hydrogens (tertiary/aromatic N) is 3. The molecule has 0 spiro atoms. The van der Waals surface area contributed by atoms with E-state index in [-0.39, 0.29) is 23.3 Å². The summed E-state index contributed by atoms with van der Waals surface area (Å²) in [6.45, 7) is 3.21. The summed E-state index contributed by atoms with van der Waals surface area (Å²) in [5, 5.41) is 11.4. The van der Waals surface area contributed by atoms with Crippen LogP contribution >= 0.6 is 15.9 Å². The van der Waals surface area contributed by atoms with Crippen molar-refractivity contribution in [2.75, 3.05) is 6.54 Å². The third-order valence-corrected chi connectivity index (χ3v) is 4.73. The van der Waals surface area contributed by atoms with Gasteiger partial charge >= 0.3 is 0 Å². The molecule has 106 valence electrons. The minimum absolute atomic E-state index is 0.0429. The van der Waals surface area contributed by atoms with Crippen LogP contribution in [0.25, 0.3) is 0 Å². The molecule has 0 aromatic carbocycles. The van der Waals surface area contributed by atoms with E-state index in [4.69, 9.17) is 10.9 Å². The fourth-order valence-corrected chi connectivity index (χ4v) is 3.52. The Kier molecular flexibility index (Phi) is 5.27. The van der Waals surface area contributed by atoms with Crippen LogP contribution in [-0.4, -0.2) is 41.3 Å². The van der Waals surface area contributed by atoms with Gasteiger partial charge in [0, 0.05) is 22.9 Å². The maximum atomic E-state index is 12.5. The van der Waals surface area contributed by atoms with Crippen LogP contribution in [0.3, 0.4) is 0 Å². The van der Waals surface area contributed by atoms with Gasteiger partial charge in [0.1, 0.15) is 4.90 Å². The Morgan fingerprint density at radius 2 is 2.21 bits per heavy atom. The highest BCUT2D eigenvalue weighted by Gasteiger charge is 2.28. The van der Waals surface area contributed by atoms with Gasteiger partial charge in [0.25, 0.3) is 0 Å². The lowest BCUT2D eigenvalue weighted by Gasteiger charge is -2.25. The second-order valence-electron chi connectivity index (χ2n) is 4.07. The summed E-state index contributed by atoms with van der Waals surface area (Å²) in [4.78, 5) is 3.87. The first-order chi connectivity index (χ1) is 8.78. The Bertz CT molecular complexity index is 574. The summed E-state index contributed by atoms with van der Waals surface area (Å²) in [7, 11) is -3.76. The largest absolute Gasteiger partial charge is 0.409 e. The standard InChI is InChI=1S/C10H15BrN4O3S/c1-7(2)15(6-10(12)14-16)19(17,18)9-3-8(11)4-13-5-9/h3-5,7,16H,6H2,1-2H3,(H2,12,14). The van der Waals surface area contributed by atoms with Crippen LogP contribution in [0.1, 0.15) is 13.8 Å². The van der Waals surface area contributed by atoms with Crippen molar-refractivity contribution in [1.82, 2.24) is 9.29 Å². The first-order valence-corrected chi connectivity index (χ1v) is 7.61. The highest BCUT2D eigenvalue weighted by atomic mass is 79.9. The van der Waals surface area contributed by atoms with E-state index in [0.29, 0.717) is 4.47 Å².